The third-order valence-electron chi connectivity index (χ3n) is 2.12. The van der Waals surface area contributed by atoms with Crippen LogP contribution < -0.4 is 5.32 Å². The molecule has 0 aliphatic heterocycles. The lowest BCUT2D eigenvalue weighted by Crippen LogP contribution is -2.31. The maximum Gasteiger partial charge on any atom is 0.223 e. The molecule has 1 aromatic rings. The van der Waals surface area contributed by atoms with E-state index in [0.717, 1.165) is 10.0 Å². The number of nitrogens with one attached hydrogen (secondary N) is 1. The van der Waals surface area contributed by atoms with E-state index in [-0.39, 0.29) is 11.8 Å². The van der Waals surface area contributed by atoms with E-state index >= 15 is 0 Å². The topological polar surface area (TPSA) is 52.9 Å². The first-order valence-electron chi connectivity index (χ1n) is 5.00. The molecule has 3 nitrogen and oxygen atoms in total. The molecule has 84 valence electrons. The van der Waals surface area contributed by atoms with E-state index in [2.05, 4.69) is 27.3 Å². The monoisotopic (exact) mass is 280 g/mol. The molecule has 0 aliphatic rings. The van der Waals surface area contributed by atoms with Gasteiger partial charge in [-0.1, -0.05) is 41.9 Å². The lowest BCUT2D eigenvalue weighted by molar-refractivity contribution is -0.124. The highest BCUT2D eigenvalue weighted by atomic mass is 79.9. The predicted octanol–water partition coefficient (Wildman–Crippen LogP) is 2.79. The summed E-state index contributed by atoms with van der Waals surface area (Å²) < 4.78 is 0.893. The van der Waals surface area contributed by atoms with Gasteiger partial charge in [-0.2, -0.15) is 5.26 Å². The second-order valence-electron chi connectivity index (χ2n) is 3.78. The molecular weight excluding hydrogens is 268 g/mol. The first-order valence-corrected chi connectivity index (χ1v) is 5.79. The Morgan fingerprint density at radius 2 is 2.19 bits per heavy atom. The summed E-state index contributed by atoms with van der Waals surface area (Å²) in [6.45, 7) is 3.59. The normalized spacial score (nSPS) is 11.9. The minimum absolute atomic E-state index is 0.119. The Balaban J connectivity index is 2.84. The van der Waals surface area contributed by atoms with Crippen molar-refractivity contribution in [2.24, 2.45) is 5.92 Å². The van der Waals surface area contributed by atoms with E-state index in [0.29, 0.717) is 0 Å². The zero-order valence-electron chi connectivity index (χ0n) is 9.20. The Labute approximate surface area is 104 Å². The van der Waals surface area contributed by atoms with Gasteiger partial charge < -0.3 is 5.32 Å². The number of benzene rings is 1. The van der Waals surface area contributed by atoms with Crippen LogP contribution in [0, 0.1) is 17.2 Å². The molecule has 4 heteroatoms. The van der Waals surface area contributed by atoms with E-state index in [1.165, 1.54) is 0 Å². The number of halogens is 1. The molecular formula is C12H13BrN2O. The lowest BCUT2D eigenvalue weighted by atomic mass is 10.1. The number of nitriles is 1. The third-order valence-corrected chi connectivity index (χ3v) is 2.62. The predicted molar refractivity (Wildman–Crippen MR) is 65.5 cm³/mol. The number of nitrogens with zero attached hydrogens (tertiary/aromatic N) is 1. The highest BCUT2D eigenvalue weighted by Gasteiger charge is 2.15. The van der Waals surface area contributed by atoms with Gasteiger partial charge in [0.15, 0.2) is 0 Å². The fraction of sp³-hybridized carbons (Fsp3) is 0.333. The Morgan fingerprint density at radius 1 is 1.50 bits per heavy atom. The summed E-state index contributed by atoms with van der Waals surface area (Å²) in [5.41, 5.74) is 0.783. The fourth-order valence-electron chi connectivity index (χ4n) is 1.19. The molecule has 0 radical (unpaired) electrons. The summed E-state index contributed by atoms with van der Waals surface area (Å²) in [6.07, 6.45) is 0. The van der Waals surface area contributed by atoms with E-state index in [1.807, 2.05) is 24.3 Å². The maximum atomic E-state index is 11.5. The molecule has 0 aliphatic carbocycles. The Bertz CT molecular complexity index is 423. The average molecular weight is 281 g/mol. The molecule has 1 rings (SSSR count). The molecule has 0 unspecified atom stereocenters. The molecule has 0 spiro atoms. The van der Waals surface area contributed by atoms with Gasteiger partial charge in [0.25, 0.3) is 0 Å². The van der Waals surface area contributed by atoms with Crippen molar-refractivity contribution in [1.82, 2.24) is 5.32 Å². The molecule has 0 bridgehead atoms. The van der Waals surface area contributed by atoms with E-state index in [1.54, 1.807) is 13.8 Å². The van der Waals surface area contributed by atoms with Crippen molar-refractivity contribution < 1.29 is 4.79 Å². The standard InChI is InChI=1S/C12H13BrN2O/c1-8(2)12(16)15-11(7-14)9-4-3-5-10(13)6-9/h3-6,8,11H,1-2H3,(H,15,16)/t11-/m0/s1. The van der Waals surface area contributed by atoms with Crippen molar-refractivity contribution in [2.75, 3.05) is 0 Å². The molecule has 0 heterocycles. The van der Waals surface area contributed by atoms with E-state index in [9.17, 15) is 4.79 Å². The highest BCUT2D eigenvalue weighted by Crippen LogP contribution is 2.18. The van der Waals surface area contributed by atoms with Crippen LogP contribution in [0.25, 0.3) is 0 Å². The van der Waals surface area contributed by atoms with Crippen LogP contribution in [0.5, 0.6) is 0 Å². The van der Waals surface area contributed by atoms with Gasteiger partial charge in [0.2, 0.25) is 5.91 Å². The summed E-state index contributed by atoms with van der Waals surface area (Å²) >= 11 is 3.33. The van der Waals surface area contributed by atoms with Gasteiger partial charge in [0.05, 0.1) is 6.07 Å². The minimum atomic E-state index is -0.590. The number of hydrogen-bond donors (Lipinski definition) is 1. The summed E-state index contributed by atoms with van der Waals surface area (Å²) in [6, 6.07) is 8.85. The van der Waals surface area contributed by atoms with Crippen molar-refractivity contribution in [3.8, 4) is 6.07 Å². The molecule has 1 atom stereocenters. The summed E-state index contributed by atoms with van der Waals surface area (Å²) in [5, 5.41) is 11.7. The second-order valence-corrected chi connectivity index (χ2v) is 4.70. The van der Waals surface area contributed by atoms with Gasteiger partial charge in [-0.3, -0.25) is 4.79 Å². The number of carbonyl (C=O) groups excluding carboxylic acids is 1. The van der Waals surface area contributed by atoms with Crippen LogP contribution in [0.3, 0.4) is 0 Å². The van der Waals surface area contributed by atoms with Gasteiger partial charge in [0, 0.05) is 10.4 Å². The average Bonchev–Trinajstić information content (AvgIpc) is 2.25. The molecule has 0 aromatic heterocycles. The molecule has 1 aromatic carbocycles. The molecule has 1 amide bonds. The third kappa shape index (κ3) is 3.35. The zero-order valence-corrected chi connectivity index (χ0v) is 10.8. The summed E-state index contributed by atoms with van der Waals surface area (Å²) in [4.78, 5) is 11.5. The molecule has 0 saturated heterocycles. The Morgan fingerprint density at radius 3 is 2.69 bits per heavy atom. The lowest BCUT2D eigenvalue weighted by Gasteiger charge is -2.13. The number of carbonyl (C=O) groups is 1. The smallest absolute Gasteiger partial charge is 0.223 e. The fourth-order valence-corrected chi connectivity index (χ4v) is 1.60. The van der Waals surface area contributed by atoms with Crippen LogP contribution in [-0.4, -0.2) is 5.91 Å². The Hall–Kier alpha value is -1.34. The first-order chi connectivity index (χ1) is 7.54. The quantitative estimate of drug-likeness (QED) is 0.926. The van der Waals surface area contributed by atoms with Crippen molar-refractivity contribution >= 4 is 21.8 Å². The first kappa shape index (κ1) is 12.7. The van der Waals surface area contributed by atoms with E-state index < -0.39 is 6.04 Å². The van der Waals surface area contributed by atoms with Crippen LogP contribution in [0.1, 0.15) is 25.5 Å². The van der Waals surface area contributed by atoms with Crippen molar-refractivity contribution in [1.29, 1.82) is 5.26 Å². The Kier molecular flexibility index (Phi) is 4.51. The summed E-state index contributed by atoms with van der Waals surface area (Å²) in [7, 11) is 0. The molecule has 16 heavy (non-hydrogen) atoms. The number of amides is 1. The number of hydrogen-bond acceptors (Lipinski definition) is 2. The largest absolute Gasteiger partial charge is 0.336 e. The van der Waals surface area contributed by atoms with Crippen LogP contribution in [-0.2, 0) is 4.79 Å². The van der Waals surface area contributed by atoms with Crippen molar-refractivity contribution in [2.45, 2.75) is 19.9 Å². The van der Waals surface area contributed by atoms with Crippen LogP contribution in [0.15, 0.2) is 28.7 Å². The highest BCUT2D eigenvalue weighted by molar-refractivity contribution is 9.10. The molecule has 1 N–H and O–H groups in total. The van der Waals surface area contributed by atoms with Gasteiger partial charge >= 0.3 is 0 Å². The van der Waals surface area contributed by atoms with Crippen molar-refractivity contribution in [3.63, 3.8) is 0 Å². The zero-order chi connectivity index (χ0) is 12.1. The molecule has 0 saturated carbocycles. The minimum Gasteiger partial charge on any atom is -0.336 e. The molecule has 0 fully saturated rings. The SMILES string of the molecule is CC(C)C(=O)N[C@@H](C#N)c1cccc(Br)c1. The number of rotatable bonds is 3. The van der Waals surface area contributed by atoms with Crippen LogP contribution >= 0.6 is 15.9 Å². The van der Waals surface area contributed by atoms with Crippen LogP contribution in [0.2, 0.25) is 0 Å². The van der Waals surface area contributed by atoms with Gasteiger partial charge in [0.1, 0.15) is 6.04 Å². The summed E-state index contributed by atoms with van der Waals surface area (Å²) in [5.74, 6) is -0.241. The maximum absolute atomic E-state index is 11.5. The van der Waals surface area contributed by atoms with Crippen molar-refractivity contribution in [3.05, 3.63) is 34.3 Å². The van der Waals surface area contributed by atoms with Crippen LogP contribution in [0.4, 0.5) is 0 Å². The van der Waals surface area contributed by atoms with E-state index in [4.69, 9.17) is 5.26 Å². The van der Waals surface area contributed by atoms with Gasteiger partial charge in [-0.25, -0.2) is 0 Å². The van der Waals surface area contributed by atoms with Gasteiger partial charge in [-0.15, -0.1) is 0 Å². The second kappa shape index (κ2) is 5.66. The van der Waals surface area contributed by atoms with Gasteiger partial charge in [-0.05, 0) is 17.7 Å².